The molecule has 0 saturated carbocycles. The number of rotatable bonds is 3. The van der Waals surface area contributed by atoms with E-state index in [1.54, 1.807) is 0 Å². The van der Waals surface area contributed by atoms with Crippen molar-refractivity contribution < 1.29 is 9.13 Å². The fraction of sp³-hybridized carbons (Fsp3) is 0.571. The first kappa shape index (κ1) is 13.8. The Labute approximate surface area is 116 Å². The van der Waals surface area contributed by atoms with Crippen molar-refractivity contribution >= 4 is 15.9 Å². The summed E-state index contributed by atoms with van der Waals surface area (Å²) < 4.78 is 19.9. The predicted octanol–water partition coefficient (Wildman–Crippen LogP) is 3.45. The molecule has 0 aromatic heterocycles. The van der Waals surface area contributed by atoms with Crippen molar-refractivity contribution in [1.82, 2.24) is 5.32 Å². The highest BCUT2D eigenvalue weighted by molar-refractivity contribution is 9.10. The van der Waals surface area contributed by atoms with Crippen molar-refractivity contribution in [3.8, 4) is 5.75 Å². The Bertz CT molecular complexity index is 430. The van der Waals surface area contributed by atoms with E-state index in [1.165, 1.54) is 13.2 Å². The Morgan fingerprint density at radius 3 is 2.72 bits per heavy atom. The summed E-state index contributed by atoms with van der Waals surface area (Å²) in [6, 6.07) is 1.49. The smallest absolute Gasteiger partial charge is 0.166 e. The third kappa shape index (κ3) is 2.86. The van der Waals surface area contributed by atoms with Crippen LogP contribution in [0.15, 0.2) is 10.5 Å². The summed E-state index contributed by atoms with van der Waals surface area (Å²) in [6.07, 6.45) is 3.19. The minimum absolute atomic E-state index is 0.279. The van der Waals surface area contributed by atoms with Gasteiger partial charge in [0.15, 0.2) is 11.6 Å². The first-order valence-corrected chi connectivity index (χ1v) is 7.15. The monoisotopic (exact) mass is 315 g/mol. The van der Waals surface area contributed by atoms with Crippen LogP contribution in [-0.2, 0) is 6.42 Å². The summed E-state index contributed by atoms with van der Waals surface area (Å²) in [6.45, 7) is 4.13. The van der Waals surface area contributed by atoms with Crippen LogP contribution in [0, 0.1) is 18.7 Å². The average molecular weight is 316 g/mol. The largest absolute Gasteiger partial charge is 0.493 e. The van der Waals surface area contributed by atoms with E-state index in [2.05, 4.69) is 21.2 Å². The van der Waals surface area contributed by atoms with E-state index in [9.17, 15) is 4.39 Å². The molecule has 1 saturated heterocycles. The molecule has 0 bridgehead atoms. The van der Waals surface area contributed by atoms with E-state index in [0.29, 0.717) is 11.7 Å². The Morgan fingerprint density at radius 2 is 2.11 bits per heavy atom. The number of ether oxygens (including phenoxy) is 1. The van der Waals surface area contributed by atoms with Gasteiger partial charge in [0.2, 0.25) is 0 Å². The second-order valence-electron chi connectivity index (χ2n) is 4.87. The number of hydrogen-bond donors (Lipinski definition) is 1. The third-order valence-electron chi connectivity index (χ3n) is 3.71. The van der Waals surface area contributed by atoms with Crippen LogP contribution in [0.4, 0.5) is 4.39 Å². The van der Waals surface area contributed by atoms with Gasteiger partial charge in [0.1, 0.15) is 0 Å². The average Bonchev–Trinajstić information content (AvgIpc) is 2.37. The SMILES string of the molecule is COc1c(F)cc(Br)c(C)c1CC1CCNCC1. The molecule has 0 amide bonds. The fourth-order valence-electron chi connectivity index (χ4n) is 2.58. The normalized spacial score (nSPS) is 16.9. The molecule has 0 spiro atoms. The minimum Gasteiger partial charge on any atom is -0.493 e. The molecule has 0 radical (unpaired) electrons. The highest BCUT2D eigenvalue weighted by atomic mass is 79.9. The van der Waals surface area contributed by atoms with Crippen LogP contribution < -0.4 is 10.1 Å². The maximum Gasteiger partial charge on any atom is 0.166 e. The van der Waals surface area contributed by atoms with Gasteiger partial charge in [0.05, 0.1) is 7.11 Å². The number of benzene rings is 1. The molecule has 2 rings (SSSR count). The molecular formula is C14H19BrFNO. The van der Waals surface area contributed by atoms with E-state index in [-0.39, 0.29) is 5.82 Å². The first-order valence-electron chi connectivity index (χ1n) is 6.35. The topological polar surface area (TPSA) is 21.3 Å². The lowest BCUT2D eigenvalue weighted by atomic mass is 9.89. The van der Waals surface area contributed by atoms with E-state index in [1.807, 2.05) is 6.92 Å². The van der Waals surface area contributed by atoms with Gasteiger partial charge in [-0.1, -0.05) is 15.9 Å². The molecule has 1 N–H and O–H groups in total. The summed E-state index contributed by atoms with van der Waals surface area (Å²) in [5.41, 5.74) is 2.10. The van der Waals surface area contributed by atoms with Gasteiger partial charge in [0, 0.05) is 10.0 Å². The third-order valence-corrected chi connectivity index (χ3v) is 4.53. The lowest BCUT2D eigenvalue weighted by molar-refractivity contribution is 0.351. The molecule has 1 aromatic rings. The van der Waals surface area contributed by atoms with Crippen LogP contribution in [0.5, 0.6) is 5.75 Å². The van der Waals surface area contributed by atoms with Crippen molar-refractivity contribution in [2.75, 3.05) is 20.2 Å². The van der Waals surface area contributed by atoms with E-state index < -0.39 is 0 Å². The molecule has 4 heteroatoms. The standard InChI is InChI=1S/C14H19BrFNO/c1-9-11(7-10-3-5-17-6-4-10)14(18-2)13(16)8-12(9)15/h8,10,17H,3-7H2,1-2H3. The molecule has 18 heavy (non-hydrogen) atoms. The van der Waals surface area contributed by atoms with Crippen LogP contribution in [0.1, 0.15) is 24.0 Å². The molecule has 0 atom stereocenters. The van der Waals surface area contributed by atoms with Gasteiger partial charge in [-0.25, -0.2) is 4.39 Å². The van der Waals surface area contributed by atoms with Gasteiger partial charge in [-0.3, -0.25) is 0 Å². The van der Waals surface area contributed by atoms with Crippen molar-refractivity contribution in [2.24, 2.45) is 5.92 Å². The van der Waals surface area contributed by atoms with Gasteiger partial charge in [0.25, 0.3) is 0 Å². The Morgan fingerprint density at radius 1 is 1.44 bits per heavy atom. The Kier molecular flexibility index (Phi) is 4.62. The molecule has 100 valence electrons. The molecular weight excluding hydrogens is 297 g/mol. The zero-order valence-corrected chi connectivity index (χ0v) is 12.4. The molecule has 1 aromatic carbocycles. The van der Waals surface area contributed by atoms with Crippen LogP contribution >= 0.6 is 15.9 Å². The number of methoxy groups -OCH3 is 1. The van der Waals surface area contributed by atoms with Crippen LogP contribution in [0.25, 0.3) is 0 Å². The quantitative estimate of drug-likeness (QED) is 0.922. The van der Waals surface area contributed by atoms with E-state index in [4.69, 9.17) is 4.74 Å². The molecule has 1 aliphatic heterocycles. The van der Waals surface area contributed by atoms with E-state index >= 15 is 0 Å². The zero-order chi connectivity index (χ0) is 13.1. The molecule has 2 nitrogen and oxygen atoms in total. The molecule has 1 fully saturated rings. The molecule has 0 unspecified atom stereocenters. The maximum atomic E-state index is 13.9. The van der Waals surface area contributed by atoms with Crippen molar-refractivity contribution in [1.29, 1.82) is 0 Å². The number of hydrogen-bond acceptors (Lipinski definition) is 2. The van der Waals surface area contributed by atoms with Gasteiger partial charge in [-0.2, -0.15) is 0 Å². The number of halogens is 2. The van der Waals surface area contributed by atoms with Crippen molar-refractivity contribution in [2.45, 2.75) is 26.2 Å². The second kappa shape index (κ2) is 6.02. The molecule has 0 aliphatic carbocycles. The van der Waals surface area contributed by atoms with Gasteiger partial charge in [-0.15, -0.1) is 0 Å². The summed E-state index contributed by atoms with van der Waals surface area (Å²) in [7, 11) is 1.54. The zero-order valence-electron chi connectivity index (χ0n) is 10.9. The van der Waals surface area contributed by atoms with Crippen molar-refractivity contribution in [3.05, 3.63) is 27.5 Å². The van der Waals surface area contributed by atoms with Crippen molar-refractivity contribution in [3.63, 3.8) is 0 Å². The summed E-state index contributed by atoms with van der Waals surface area (Å²) >= 11 is 3.42. The highest BCUT2D eigenvalue weighted by Gasteiger charge is 2.20. The maximum absolute atomic E-state index is 13.9. The Hall–Kier alpha value is -0.610. The highest BCUT2D eigenvalue weighted by Crippen LogP contribution is 2.34. The summed E-state index contributed by atoms with van der Waals surface area (Å²) in [5, 5.41) is 3.35. The molecule has 1 heterocycles. The van der Waals surface area contributed by atoms with Gasteiger partial charge in [-0.05, 0) is 56.8 Å². The van der Waals surface area contributed by atoms with Crippen LogP contribution in [0.2, 0.25) is 0 Å². The molecule has 1 aliphatic rings. The number of piperidine rings is 1. The second-order valence-corrected chi connectivity index (χ2v) is 5.73. The number of nitrogens with one attached hydrogen (secondary N) is 1. The van der Waals surface area contributed by atoms with Gasteiger partial charge >= 0.3 is 0 Å². The Balaban J connectivity index is 2.29. The first-order chi connectivity index (χ1) is 8.63. The van der Waals surface area contributed by atoms with E-state index in [0.717, 1.165) is 48.0 Å². The minimum atomic E-state index is -0.279. The fourth-order valence-corrected chi connectivity index (χ4v) is 3.02. The lowest BCUT2D eigenvalue weighted by Gasteiger charge is -2.24. The summed E-state index contributed by atoms with van der Waals surface area (Å²) in [4.78, 5) is 0. The van der Waals surface area contributed by atoms with Crippen LogP contribution in [0.3, 0.4) is 0 Å². The summed E-state index contributed by atoms with van der Waals surface area (Å²) in [5.74, 6) is 0.751. The predicted molar refractivity (Wildman–Crippen MR) is 74.7 cm³/mol. The lowest BCUT2D eigenvalue weighted by Crippen LogP contribution is -2.29. The van der Waals surface area contributed by atoms with Crippen LogP contribution in [-0.4, -0.2) is 20.2 Å². The van der Waals surface area contributed by atoms with Gasteiger partial charge < -0.3 is 10.1 Å².